The summed E-state index contributed by atoms with van der Waals surface area (Å²) in [5.41, 5.74) is 0.953. The van der Waals surface area contributed by atoms with Crippen LogP contribution in [-0.2, 0) is 14.6 Å². The first-order chi connectivity index (χ1) is 9.34. The van der Waals surface area contributed by atoms with Crippen molar-refractivity contribution in [3.63, 3.8) is 0 Å². The SMILES string of the molecule is Cc1ccc(S(=O)(=O)[C@H]2CCCC[C@@H]2C(=O)O)c(Br)c1. The zero-order chi connectivity index (χ0) is 14.9. The molecule has 4 nitrogen and oxygen atoms in total. The fourth-order valence-corrected chi connectivity index (χ4v) is 6.00. The fraction of sp³-hybridized carbons (Fsp3) is 0.500. The number of hydrogen-bond donors (Lipinski definition) is 1. The van der Waals surface area contributed by atoms with Gasteiger partial charge in [0.1, 0.15) is 0 Å². The minimum Gasteiger partial charge on any atom is -0.481 e. The van der Waals surface area contributed by atoms with Crippen molar-refractivity contribution < 1.29 is 18.3 Å². The number of benzene rings is 1. The molecule has 1 aliphatic rings. The van der Waals surface area contributed by atoms with Crippen molar-refractivity contribution in [3.8, 4) is 0 Å². The third kappa shape index (κ3) is 2.91. The second kappa shape index (κ2) is 5.85. The van der Waals surface area contributed by atoms with E-state index in [0.717, 1.165) is 18.4 Å². The van der Waals surface area contributed by atoms with E-state index in [9.17, 15) is 18.3 Å². The highest BCUT2D eigenvalue weighted by Crippen LogP contribution is 2.36. The van der Waals surface area contributed by atoms with Crippen LogP contribution in [0.25, 0.3) is 0 Å². The van der Waals surface area contributed by atoms with Gasteiger partial charge in [0.2, 0.25) is 0 Å². The quantitative estimate of drug-likeness (QED) is 0.898. The van der Waals surface area contributed by atoms with Gasteiger partial charge in [-0.05, 0) is 53.4 Å². The monoisotopic (exact) mass is 360 g/mol. The molecular formula is C14H17BrO4S. The van der Waals surface area contributed by atoms with Crippen LogP contribution in [0.5, 0.6) is 0 Å². The summed E-state index contributed by atoms with van der Waals surface area (Å²) >= 11 is 3.28. The van der Waals surface area contributed by atoms with E-state index >= 15 is 0 Å². The molecule has 0 heterocycles. The summed E-state index contributed by atoms with van der Waals surface area (Å²) in [5.74, 6) is -1.82. The number of sulfone groups is 1. The zero-order valence-electron chi connectivity index (χ0n) is 11.2. The lowest BCUT2D eigenvalue weighted by molar-refractivity contribution is -0.142. The van der Waals surface area contributed by atoms with E-state index in [2.05, 4.69) is 15.9 Å². The average molecular weight is 361 g/mol. The van der Waals surface area contributed by atoms with E-state index in [4.69, 9.17) is 0 Å². The van der Waals surface area contributed by atoms with E-state index in [0.29, 0.717) is 17.3 Å². The Kier molecular flexibility index (Phi) is 4.54. The van der Waals surface area contributed by atoms with Crippen molar-refractivity contribution in [2.75, 3.05) is 0 Å². The molecular weight excluding hydrogens is 344 g/mol. The first-order valence-corrected chi connectivity index (χ1v) is 8.91. The molecule has 1 aromatic rings. The molecule has 0 aliphatic heterocycles. The number of carboxylic acids is 1. The fourth-order valence-electron chi connectivity index (χ4n) is 2.75. The second-order valence-corrected chi connectivity index (χ2v) is 8.24. The van der Waals surface area contributed by atoms with Gasteiger partial charge in [-0.2, -0.15) is 0 Å². The summed E-state index contributed by atoms with van der Waals surface area (Å²) in [5, 5.41) is 8.43. The highest BCUT2D eigenvalue weighted by molar-refractivity contribution is 9.10. The van der Waals surface area contributed by atoms with Crippen LogP contribution in [0.2, 0.25) is 0 Å². The van der Waals surface area contributed by atoms with Crippen molar-refractivity contribution in [2.45, 2.75) is 42.8 Å². The van der Waals surface area contributed by atoms with E-state index < -0.39 is 27.0 Å². The topological polar surface area (TPSA) is 71.4 Å². The lowest BCUT2D eigenvalue weighted by atomic mass is 9.89. The summed E-state index contributed by atoms with van der Waals surface area (Å²) < 4.78 is 26.0. The molecule has 2 rings (SSSR count). The van der Waals surface area contributed by atoms with Gasteiger partial charge in [-0.15, -0.1) is 0 Å². The number of carboxylic acid groups (broad SMARTS) is 1. The lowest BCUT2D eigenvalue weighted by Gasteiger charge is -2.28. The smallest absolute Gasteiger partial charge is 0.307 e. The molecule has 110 valence electrons. The molecule has 1 saturated carbocycles. The van der Waals surface area contributed by atoms with E-state index in [1.165, 1.54) is 0 Å². The summed E-state index contributed by atoms with van der Waals surface area (Å²) in [4.78, 5) is 11.5. The molecule has 1 fully saturated rings. The van der Waals surface area contributed by atoms with Gasteiger partial charge in [-0.1, -0.05) is 18.9 Å². The van der Waals surface area contributed by atoms with Gasteiger partial charge in [-0.25, -0.2) is 8.42 Å². The molecule has 0 aromatic heterocycles. The molecule has 0 saturated heterocycles. The van der Waals surface area contributed by atoms with Crippen LogP contribution < -0.4 is 0 Å². The van der Waals surface area contributed by atoms with Crippen molar-refractivity contribution in [3.05, 3.63) is 28.2 Å². The maximum atomic E-state index is 12.7. The molecule has 1 aliphatic carbocycles. The van der Waals surface area contributed by atoms with E-state index in [-0.39, 0.29) is 4.90 Å². The first kappa shape index (κ1) is 15.5. The van der Waals surface area contributed by atoms with Gasteiger partial charge >= 0.3 is 5.97 Å². The Morgan fingerprint density at radius 2 is 1.95 bits per heavy atom. The lowest BCUT2D eigenvalue weighted by Crippen LogP contribution is -2.37. The maximum Gasteiger partial charge on any atom is 0.307 e. The van der Waals surface area contributed by atoms with Crippen molar-refractivity contribution in [1.82, 2.24) is 0 Å². The molecule has 6 heteroatoms. The molecule has 0 bridgehead atoms. The average Bonchev–Trinajstić information content (AvgIpc) is 2.38. The largest absolute Gasteiger partial charge is 0.481 e. The standard InChI is InChI=1S/C14H17BrO4S/c1-9-6-7-13(11(15)8-9)20(18,19)12-5-3-2-4-10(12)14(16)17/h6-8,10,12H,2-5H2,1H3,(H,16,17)/t10-,12-/m0/s1. The van der Waals surface area contributed by atoms with Crippen LogP contribution in [0.1, 0.15) is 31.2 Å². The highest BCUT2D eigenvalue weighted by Gasteiger charge is 2.41. The maximum absolute atomic E-state index is 12.7. The highest BCUT2D eigenvalue weighted by atomic mass is 79.9. The molecule has 0 spiro atoms. The van der Waals surface area contributed by atoms with Gasteiger partial charge in [0.25, 0.3) is 0 Å². The third-order valence-corrected chi connectivity index (χ3v) is 7.06. The predicted molar refractivity (Wildman–Crippen MR) is 79.4 cm³/mol. The van der Waals surface area contributed by atoms with Crippen LogP contribution in [0.4, 0.5) is 0 Å². The van der Waals surface area contributed by atoms with Crippen LogP contribution in [0, 0.1) is 12.8 Å². The Morgan fingerprint density at radius 3 is 2.55 bits per heavy atom. The minimum atomic E-state index is -3.63. The van der Waals surface area contributed by atoms with Gasteiger partial charge in [0, 0.05) is 4.47 Å². The van der Waals surface area contributed by atoms with Crippen molar-refractivity contribution in [1.29, 1.82) is 0 Å². The zero-order valence-corrected chi connectivity index (χ0v) is 13.6. The molecule has 0 unspecified atom stereocenters. The number of rotatable bonds is 3. The van der Waals surface area contributed by atoms with Gasteiger partial charge < -0.3 is 5.11 Å². The number of aliphatic carboxylic acids is 1. The summed E-state index contributed by atoms with van der Waals surface area (Å²) in [6, 6.07) is 5.03. The molecule has 0 radical (unpaired) electrons. The molecule has 2 atom stereocenters. The van der Waals surface area contributed by atoms with Crippen LogP contribution >= 0.6 is 15.9 Å². The molecule has 0 amide bonds. The normalized spacial score (nSPS) is 23.5. The summed E-state index contributed by atoms with van der Waals surface area (Å²) in [6.07, 6.45) is 2.39. The first-order valence-electron chi connectivity index (χ1n) is 6.57. The van der Waals surface area contributed by atoms with Gasteiger partial charge in [0.05, 0.1) is 16.1 Å². The van der Waals surface area contributed by atoms with E-state index in [1.54, 1.807) is 18.2 Å². The van der Waals surface area contributed by atoms with Crippen molar-refractivity contribution >= 4 is 31.7 Å². The number of hydrogen-bond acceptors (Lipinski definition) is 3. The Hall–Kier alpha value is -0.880. The van der Waals surface area contributed by atoms with Crippen LogP contribution in [-0.4, -0.2) is 24.7 Å². The van der Waals surface area contributed by atoms with Crippen LogP contribution in [0.15, 0.2) is 27.6 Å². The summed E-state index contributed by atoms with van der Waals surface area (Å²) in [6.45, 7) is 1.88. The predicted octanol–water partition coefficient (Wildman–Crippen LogP) is 3.17. The molecule has 1 N–H and O–H groups in total. The van der Waals surface area contributed by atoms with Crippen LogP contribution in [0.3, 0.4) is 0 Å². The molecule has 20 heavy (non-hydrogen) atoms. The minimum absolute atomic E-state index is 0.196. The van der Waals surface area contributed by atoms with E-state index in [1.807, 2.05) is 6.92 Å². The second-order valence-electron chi connectivity index (χ2n) is 5.25. The number of aryl methyl sites for hydroxylation is 1. The Labute approximate surface area is 127 Å². The Balaban J connectivity index is 2.45. The third-order valence-electron chi connectivity index (χ3n) is 3.81. The molecule has 1 aromatic carbocycles. The number of carbonyl (C=O) groups is 1. The Bertz CT molecular complexity index is 624. The van der Waals surface area contributed by atoms with Gasteiger partial charge in [0.15, 0.2) is 9.84 Å². The summed E-state index contributed by atoms with van der Waals surface area (Å²) in [7, 11) is -3.63. The van der Waals surface area contributed by atoms with Crippen molar-refractivity contribution in [2.24, 2.45) is 5.92 Å². The van der Waals surface area contributed by atoms with Gasteiger partial charge in [-0.3, -0.25) is 4.79 Å². The number of halogens is 1. The Morgan fingerprint density at radius 1 is 1.30 bits per heavy atom.